The number of carbonyl (C=O) groups excluding carboxylic acids is 1. The zero-order valence-electron chi connectivity index (χ0n) is 7.60. The summed E-state index contributed by atoms with van der Waals surface area (Å²) in [6.07, 6.45) is 5.33. The molecular weight excluding hydrogens is 136 g/mol. The van der Waals surface area contributed by atoms with E-state index in [1.54, 1.807) is 0 Å². The lowest BCUT2D eigenvalue weighted by Crippen LogP contribution is -2.11. The number of carbonyl (C=O) groups is 1. The molecule has 1 saturated carbocycles. The number of Topliss-reactive ketones (excluding diaryl/α,β-unsaturated/α-hetero) is 1. The Bertz CT molecular complexity index is 138. The van der Waals surface area contributed by atoms with Gasteiger partial charge in [-0.1, -0.05) is 20.3 Å². The fraction of sp³-hybridized carbons (Fsp3) is 0.900. The van der Waals surface area contributed by atoms with Crippen molar-refractivity contribution in [1.29, 1.82) is 0 Å². The van der Waals surface area contributed by atoms with E-state index in [0.717, 1.165) is 19.3 Å². The predicted octanol–water partition coefficient (Wildman–Crippen LogP) is 2.79. The summed E-state index contributed by atoms with van der Waals surface area (Å²) in [7, 11) is 0. The summed E-state index contributed by atoms with van der Waals surface area (Å²) in [6.45, 7) is 4.45. The molecule has 0 saturated heterocycles. The Morgan fingerprint density at radius 1 is 1.36 bits per heavy atom. The summed E-state index contributed by atoms with van der Waals surface area (Å²) in [4.78, 5) is 11.2. The van der Waals surface area contributed by atoms with Crippen molar-refractivity contribution in [2.75, 3.05) is 0 Å². The van der Waals surface area contributed by atoms with Crippen LogP contribution in [0.15, 0.2) is 0 Å². The molecule has 1 nitrogen and oxygen atoms in total. The molecular formula is C10H18O. The van der Waals surface area contributed by atoms with Crippen molar-refractivity contribution < 1.29 is 4.79 Å². The Hall–Kier alpha value is -0.330. The van der Waals surface area contributed by atoms with Gasteiger partial charge in [-0.05, 0) is 24.7 Å². The molecule has 64 valence electrons. The second-order valence-corrected chi connectivity index (χ2v) is 3.99. The zero-order chi connectivity index (χ0) is 8.27. The molecule has 1 rings (SSSR count). The van der Waals surface area contributed by atoms with Crippen LogP contribution < -0.4 is 0 Å². The van der Waals surface area contributed by atoms with Crippen LogP contribution >= 0.6 is 0 Å². The summed E-state index contributed by atoms with van der Waals surface area (Å²) >= 11 is 0. The molecule has 0 heterocycles. The van der Waals surface area contributed by atoms with Crippen molar-refractivity contribution in [3.63, 3.8) is 0 Å². The molecule has 0 aromatic rings. The van der Waals surface area contributed by atoms with Crippen molar-refractivity contribution >= 4 is 5.78 Å². The quantitative estimate of drug-likeness (QED) is 0.531. The molecule has 0 spiro atoms. The standard InChI is InChI=1S/C10H18O/c1-8(2)9-5-3-4-6-10(11)7-9/h8-9H,3-7H2,1-2H3. The highest BCUT2D eigenvalue weighted by molar-refractivity contribution is 5.78. The van der Waals surface area contributed by atoms with E-state index in [4.69, 9.17) is 0 Å². The fourth-order valence-corrected chi connectivity index (χ4v) is 1.79. The molecule has 1 fully saturated rings. The van der Waals surface area contributed by atoms with E-state index in [1.165, 1.54) is 12.8 Å². The lowest BCUT2D eigenvalue weighted by Gasteiger charge is -2.16. The van der Waals surface area contributed by atoms with Crippen LogP contribution in [0.5, 0.6) is 0 Å². The SMILES string of the molecule is CC(C)C1CCCCC(=O)C1. The highest BCUT2D eigenvalue weighted by Crippen LogP contribution is 2.26. The van der Waals surface area contributed by atoms with Gasteiger partial charge in [0.2, 0.25) is 0 Å². The molecule has 0 amide bonds. The van der Waals surface area contributed by atoms with E-state index in [0.29, 0.717) is 17.6 Å². The lowest BCUT2D eigenvalue weighted by atomic mass is 9.89. The first-order chi connectivity index (χ1) is 5.20. The molecule has 0 bridgehead atoms. The molecule has 0 aromatic heterocycles. The maximum Gasteiger partial charge on any atom is 0.133 e. The van der Waals surface area contributed by atoms with Gasteiger partial charge in [0.1, 0.15) is 5.78 Å². The normalized spacial score (nSPS) is 27.2. The van der Waals surface area contributed by atoms with Crippen molar-refractivity contribution in [1.82, 2.24) is 0 Å². The highest BCUT2D eigenvalue weighted by Gasteiger charge is 2.19. The molecule has 0 N–H and O–H groups in total. The fourth-order valence-electron chi connectivity index (χ4n) is 1.79. The van der Waals surface area contributed by atoms with Crippen molar-refractivity contribution in [3.8, 4) is 0 Å². The van der Waals surface area contributed by atoms with Crippen molar-refractivity contribution in [3.05, 3.63) is 0 Å². The van der Waals surface area contributed by atoms with Gasteiger partial charge in [0.25, 0.3) is 0 Å². The number of ketones is 1. The summed E-state index contributed by atoms with van der Waals surface area (Å²) < 4.78 is 0. The minimum Gasteiger partial charge on any atom is -0.300 e. The molecule has 0 aliphatic heterocycles. The third-order valence-electron chi connectivity index (χ3n) is 2.71. The van der Waals surface area contributed by atoms with Crippen LogP contribution in [-0.2, 0) is 4.79 Å². The topological polar surface area (TPSA) is 17.1 Å². The Labute approximate surface area is 69.2 Å². The van der Waals surface area contributed by atoms with E-state index >= 15 is 0 Å². The van der Waals surface area contributed by atoms with Crippen LogP contribution in [0.3, 0.4) is 0 Å². The molecule has 0 radical (unpaired) electrons. The predicted molar refractivity (Wildman–Crippen MR) is 46.4 cm³/mol. The summed E-state index contributed by atoms with van der Waals surface area (Å²) in [5, 5.41) is 0. The van der Waals surface area contributed by atoms with Gasteiger partial charge in [0, 0.05) is 12.8 Å². The number of hydrogen-bond acceptors (Lipinski definition) is 1. The highest BCUT2D eigenvalue weighted by atomic mass is 16.1. The maximum absolute atomic E-state index is 11.2. The third kappa shape index (κ3) is 2.64. The van der Waals surface area contributed by atoms with Gasteiger partial charge in [0.15, 0.2) is 0 Å². The summed E-state index contributed by atoms with van der Waals surface area (Å²) in [6, 6.07) is 0. The van der Waals surface area contributed by atoms with E-state index < -0.39 is 0 Å². The van der Waals surface area contributed by atoms with Gasteiger partial charge in [0.05, 0.1) is 0 Å². The van der Waals surface area contributed by atoms with Crippen LogP contribution in [0, 0.1) is 11.8 Å². The first-order valence-electron chi connectivity index (χ1n) is 4.72. The molecule has 1 heteroatoms. The Kier molecular flexibility index (Phi) is 3.10. The van der Waals surface area contributed by atoms with Crippen LogP contribution in [0.25, 0.3) is 0 Å². The van der Waals surface area contributed by atoms with E-state index in [1.807, 2.05) is 0 Å². The lowest BCUT2D eigenvalue weighted by molar-refractivity contribution is -0.119. The Balaban J connectivity index is 2.45. The van der Waals surface area contributed by atoms with Crippen molar-refractivity contribution in [2.45, 2.75) is 46.0 Å². The second kappa shape index (κ2) is 3.89. The van der Waals surface area contributed by atoms with Crippen LogP contribution in [0.2, 0.25) is 0 Å². The zero-order valence-corrected chi connectivity index (χ0v) is 7.60. The summed E-state index contributed by atoms with van der Waals surface area (Å²) in [5.74, 6) is 1.85. The van der Waals surface area contributed by atoms with Gasteiger partial charge in [-0.2, -0.15) is 0 Å². The smallest absolute Gasteiger partial charge is 0.133 e. The van der Waals surface area contributed by atoms with Crippen LogP contribution in [-0.4, -0.2) is 5.78 Å². The van der Waals surface area contributed by atoms with Gasteiger partial charge in [-0.25, -0.2) is 0 Å². The first kappa shape index (κ1) is 8.76. The second-order valence-electron chi connectivity index (χ2n) is 3.99. The number of hydrogen-bond donors (Lipinski definition) is 0. The first-order valence-corrected chi connectivity index (χ1v) is 4.72. The van der Waals surface area contributed by atoms with Crippen LogP contribution in [0.1, 0.15) is 46.0 Å². The average molecular weight is 154 g/mol. The minimum atomic E-state index is 0.487. The molecule has 1 aliphatic carbocycles. The average Bonchev–Trinajstić information content (AvgIpc) is 2.13. The molecule has 1 aliphatic rings. The maximum atomic E-state index is 11.2. The molecule has 1 atom stereocenters. The van der Waals surface area contributed by atoms with E-state index in [9.17, 15) is 4.79 Å². The van der Waals surface area contributed by atoms with Gasteiger partial charge in [-0.15, -0.1) is 0 Å². The largest absolute Gasteiger partial charge is 0.300 e. The Morgan fingerprint density at radius 3 is 2.73 bits per heavy atom. The van der Waals surface area contributed by atoms with Crippen molar-refractivity contribution in [2.24, 2.45) is 11.8 Å². The van der Waals surface area contributed by atoms with Crippen LogP contribution in [0.4, 0.5) is 0 Å². The minimum absolute atomic E-state index is 0.487. The summed E-state index contributed by atoms with van der Waals surface area (Å²) in [5.41, 5.74) is 0. The third-order valence-corrected chi connectivity index (χ3v) is 2.71. The van der Waals surface area contributed by atoms with E-state index in [-0.39, 0.29) is 0 Å². The van der Waals surface area contributed by atoms with Gasteiger partial charge < -0.3 is 0 Å². The molecule has 1 unspecified atom stereocenters. The Morgan fingerprint density at radius 2 is 2.09 bits per heavy atom. The molecule has 11 heavy (non-hydrogen) atoms. The van der Waals surface area contributed by atoms with Gasteiger partial charge in [-0.3, -0.25) is 4.79 Å². The number of rotatable bonds is 1. The van der Waals surface area contributed by atoms with E-state index in [2.05, 4.69) is 13.8 Å². The monoisotopic (exact) mass is 154 g/mol. The van der Waals surface area contributed by atoms with Gasteiger partial charge >= 0.3 is 0 Å². The molecule has 0 aromatic carbocycles.